The minimum absolute atomic E-state index is 0.0648. The normalized spacial score (nSPS) is 10.2. The van der Waals surface area contributed by atoms with Crippen LogP contribution in [0, 0.1) is 0 Å². The molecule has 0 aliphatic heterocycles. The van der Waals surface area contributed by atoms with E-state index in [-0.39, 0.29) is 6.54 Å². The Kier molecular flexibility index (Phi) is 4.65. The third kappa shape index (κ3) is 3.32. The lowest BCUT2D eigenvalue weighted by Crippen LogP contribution is -2.31. The number of aromatic nitrogens is 2. The Morgan fingerprint density at radius 2 is 2.05 bits per heavy atom. The first-order valence-electron chi connectivity index (χ1n) is 6.54. The molecular weight excluding hydrogens is 254 g/mol. The molecule has 1 N–H and O–H groups in total. The third-order valence-electron chi connectivity index (χ3n) is 2.90. The maximum atomic E-state index is 11.0. The van der Waals surface area contributed by atoms with Gasteiger partial charge in [-0.25, -0.2) is 9.97 Å². The molecule has 1 heterocycles. The molecule has 0 radical (unpaired) electrons. The lowest BCUT2D eigenvalue weighted by Gasteiger charge is -2.23. The largest absolute Gasteiger partial charge is 0.480 e. The van der Waals surface area contributed by atoms with Crippen LogP contribution in [-0.2, 0) is 4.79 Å². The van der Waals surface area contributed by atoms with E-state index in [1.54, 1.807) is 11.1 Å². The fourth-order valence-corrected chi connectivity index (χ4v) is 2.09. The molecule has 20 heavy (non-hydrogen) atoms. The van der Waals surface area contributed by atoms with Crippen LogP contribution < -0.4 is 4.90 Å². The highest BCUT2D eigenvalue weighted by Crippen LogP contribution is 2.27. The summed E-state index contributed by atoms with van der Waals surface area (Å²) in [6, 6.07) is 9.75. The zero-order chi connectivity index (χ0) is 14.4. The van der Waals surface area contributed by atoms with Gasteiger partial charge in [-0.15, -0.1) is 0 Å². The Labute approximate surface area is 117 Å². The Hall–Kier alpha value is -2.43. The topological polar surface area (TPSA) is 66.3 Å². The molecule has 0 fully saturated rings. The van der Waals surface area contributed by atoms with E-state index < -0.39 is 5.97 Å². The first-order valence-corrected chi connectivity index (χ1v) is 6.54. The van der Waals surface area contributed by atoms with Gasteiger partial charge in [0.1, 0.15) is 18.7 Å². The van der Waals surface area contributed by atoms with E-state index in [9.17, 15) is 4.79 Å². The highest BCUT2D eigenvalue weighted by Gasteiger charge is 2.16. The van der Waals surface area contributed by atoms with Gasteiger partial charge in [0, 0.05) is 18.3 Å². The maximum absolute atomic E-state index is 11.0. The summed E-state index contributed by atoms with van der Waals surface area (Å²) in [5, 5.41) is 9.05. The van der Waals surface area contributed by atoms with Crippen LogP contribution >= 0.6 is 0 Å². The van der Waals surface area contributed by atoms with Gasteiger partial charge in [0.15, 0.2) is 0 Å². The Morgan fingerprint density at radius 1 is 1.30 bits per heavy atom. The highest BCUT2D eigenvalue weighted by molar-refractivity contribution is 5.79. The first-order chi connectivity index (χ1) is 9.72. The fraction of sp³-hybridized carbons (Fsp3) is 0.267. The molecule has 0 saturated carbocycles. The van der Waals surface area contributed by atoms with E-state index in [1.807, 2.05) is 37.3 Å². The van der Waals surface area contributed by atoms with Gasteiger partial charge < -0.3 is 10.0 Å². The number of aliphatic carboxylic acids is 1. The van der Waals surface area contributed by atoms with Gasteiger partial charge in [-0.3, -0.25) is 4.79 Å². The first kappa shape index (κ1) is 14.0. The van der Waals surface area contributed by atoms with E-state index in [4.69, 9.17) is 5.11 Å². The molecule has 5 nitrogen and oxygen atoms in total. The van der Waals surface area contributed by atoms with Gasteiger partial charge in [0.25, 0.3) is 0 Å². The average molecular weight is 271 g/mol. The van der Waals surface area contributed by atoms with Gasteiger partial charge in [0.2, 0.25) is 0 Å². The molecule has 2 aromatic rings. The van der Waals surface area contributed by atoms with Gasteiger partial charge >= 0.3 is 5.97 Å². The number of benzene rings is 1. The number of anilines is 1. The Balaban J connectivity index is 2.42. The molecule has 1 aromatic carbocycles. The summed E-state index contributed by atoms with van der Waals surface area (Å²) >= 11 is 0. The number of carboxylic acids is 1. The number of hydrogen-bond donors (Lipinski definition) is 1. The van der Waals surface area contributed by atoms with Crippen molar-refractivity contribution in [2.75, 3.05) is 18.0 Å². The fourth-order valence-electron chi connectivity index (χ4n) is 2.09. The predicted octanol–water partition coefficient (Wildman–Crippen LogP) is 2.44. The van der Waals surface area contributed by atoms with Crippen molar-refractivity contribution in [3.8, 4) is 11.1 Å². The van der Waals surface area contributed by atoms with Crippen LogP contribution in [0.1, 0.15) is 13.3 Å². The molecule has 0 atom stereocenters. The standard InChI is InChI=1S/C15H17N3O2/c1-2-8-18(10-14(19)20)15-13(9-16-11-17-15)12-6-4-3-5-7-12/h3-7,9,11H,2,8,10H2,1H3,(H,19,20). The lowest BCUT2D eigenvalue weighted by molar-refractivity contribution is -0.135. The summed E-state index contributed by atoms with van der Waals surface area (Å²) in [6.45, 7) is 2.59. The van der Waals surface area contributed by atoms with Crippen molar-refractivity contribution >= 4 is 11.8 Å². The van der Waals surface area contributed by atoms with Crippen LogP contribution in [-0.4, -0.2) is 34.1 Å². The average Bonchev–Trinajstić information content (AvgIpc) is 2.47. The van der Waals surface area contributed by atoms with Crippen LogP contribution in [0.2, 0.25) is 0 Å². The summed E-state index contributed by atoms with van der Waals surface area (Å²) in [6.07, 6.45) is 4.03. The minimum atomic E-state index is -0.865. The molecular formula is C15H17N3O2. The summed E-state index contributed by atoms with van der Waals surface area (Å²) in [7, 11) is 0. The maximum Gasteiger partial charge on any atom is 0.323 e. The van der Waals surface area contributed by atoms with E-state index in [0.717, 1.165) is 17.5 Å². The minimum Gasteiger partial charge on any atom is -0.480 e. The van der Waals surface area contributed by atoms with Crippen molar-refractivity contribution in [3.05, 3.63) is 42.9 Å². The molecule has 0 unspecified atom stereocenters. The molecule has 0 bridgehead atoms. The lowest BCUT2D eigenvalue weighted by atomic mass is 10.1. The molecule has 2 rings (SSSR count). The molecule has 1 aromatic heterocycles. The number of rotatable bonds is 6. The highest BCUT2D eigenvalue weighted by atomic mass is 16.4. The Bertz CT molecular complexity index is 572. The van der Waals surface area contributed by atoms with Crippen molar-refractivity contribution in [2.24, 2.45) is 0 Å². The monoisotopic (exact) mass is 271 g/mol. The van der Waals surface area contributed by atoms with Crippen molar-refractivity contribution in [1.82, 2.24) is 9.97 Å². The Morgan fingerprint density at radius 3 is 2.70 bits per heavy atom. The molecule has 5 heteroatoms. The number of hydrogen-bond acceptors (Lipinski definition) is 4. The van der Waals surface area contributed by atoms with Crippen LogP contribution in [0.4, 0.5) is 5.82 Å². The molecule has 0 saturated heterocycles. The van der Waals surface area contributed by atoms with Crippen molar-refractivity contribution in [3.63, 3.8) is 0 Å². The van der Waals surface area contributed by atoms with Crippen molar-refractivity contribution in [1.29, 1.82) is 0 Å². The van der Waals surface area contributed by atoms with E-state index in [1.165, 1.54) is 6.33 Å². The van der Waals surface area contributed by atoms with E-state index in [0.29, 0.717) is 12.4 Å². The second kappa shape index (κ2) is 6.65. The smallest absolute Gasteiger partial charge is 0.323 e. The zero-order valence-electron chi connectivity index (χ0n) is 11.4. The molecule has 0 spiro atoms. The van der Waals surface area contributed by atoms with Crippen molar-refractivity contribution < 1.29 is 9.90 Å². The quantitative estimate of drug-likeness (QED) is 0.874. The van der Waals surface area contributed by atoms with Crippen LogP contribution in [0.25, 0.3) is 11.1 Å². The second-order valence-electron chi connectivity index (χ2n) is 4.44. The van der Waals surface area contributed by atoms with Crippen LogP contribution in [0.15, 0.2) is 42.9 Å². The van der Waals surface area contributed by atoms with E-state index in [2.05, 4.69) is 9.97 Å². The number of carbonyl (C=O) groups is 1. The predicted molar refractivity (Wildman–Crippen MR) is 77.6 cm³/mol. The number of carboxylic acid groups (broad SMARTS) is 1. The van der Waals surface area contributed by atoms with Gasteiger partial charge in [-0.1, -0.05) is 37.3 Å². The van der Waals surface area contributed by atoms with E-state index >= 15 is 0 Å². The SMILES string of the molecule is CCCN(CC(=O)O)c1ncncc1-c1ccccc1. The van der Waals surface area contributed by atoms with Crippen LogP contribution in [0.5, 0.6) is 0 Å². The second-order valence-corrected chi connectivity index (χ2v) is 4.44. The summed E-state index contributed by atoms with van der Waals surface area (Å²) in [5.41, 5.74) is 1.83. The summed E-state index contributed by atoms with van der Waals surface area (Å²) < 4.78 is 0. The summed E-state index contributed by atoms with van der Waals surface area (Å²) in [5.74, 6) is -0.202. The van der Waals surface area contributed by atoms with Gasteiger partial charge in [-0.2, -0.15) is 0 Å². The molecule has 0 aliphatic carbocycles. The number of nitrogens with zero attached hydrogens (tertiary/aromatic N) is 3. The molecule has 0 aliphatic rings. The van der Waals surface area contributed by atoms with Gasteiger partial charge in [0.05, 0.1) is 0 Å². The molecule has 0 amide bonds. The van der Waals surface area contributed by atoms with Gasteiger partial charge in [-0.05, 0) is 12.0 Å². The van der Waals surface area contributed by atoms with Crippen LogP contribution in [0.3, 0.4) is 0 Å². The summed E-state index contributed by atoms with van der Waals surface area (Å²) in [4.78, 5) is 21.1. The van der Waals surface area contributed by atoms with Crippen molar-refractivity contribution in [2.45, 2.75) is 13.3 Å². The molecule has 104 valence electrons. The zero-order valence-corrected chi connectivity index (χ0v) is 11.4. The third-order valence-corrected chi connectivity index (χ3v) is 2.90.